The molecule has 1 aromatic carbocycles. The van der Waals surface area contributed by atoms with Crippen LogP contribution in [-0.4, -0.2) is 26.4 Å². The van der Waals surface area contributed by atoms with E-state index in [1.165, 1.54) is 4.90 Å². The van der Waals surface area contributed by atoms with Gasteiger partial charge in [-0.25, -0.2) is 0 Å². The highest BCUT2D eigenvalue weighted by Crippen LogP contribution is 2.24. The molecule has 6 nitrogen and oxygen atoms in total. The van der Waals surface area contributed by atoms with Crippen LogP contribution in [-0.2, 0) is 0 Å². The van der Waals surface area contributed by atoms with E-state index in [1.807, 2.05) is 30.5 Å². The van der Waals surface area contributed by atoms with E-state index in [1.54, 1.807) is 18.0 Å². The summed E-state index contributed by atoms with van der Waals surface area (Å²) in [5.41, 5.74) is 7.23. The molecule has 0 bridgehead atoms. The minimum atomic E-state index is 0.208. The van der Waals surface area contributed by atoms with Gasteiger partial charge in [0.2, 0.25) is 5.95 Å². The molecule has 0 spiro atoms. The molecular weight excluding hydrogens is 260 g/mol. The summed E-state index contributed by atoms with van der Waals surface area (Å²) in [6, 6.07) is 8.08. The Balaban J connectivity index is 1.97. The third kappa shape index (κ3) is 2.32. The number of fused-ring (bicyclic) bond motifs is 1. The van der Waals surface area contributed by atoms with Gasteiger partial charge in [-0.2, -0.15) is 15.1 Å². The Morgan fingerprint density at radius 3 is 2.74 bits per heavy atom. The monoisotopic (exact) mass is 272 g/mol. The molecule has 0 aliphatic rings. The molecule has 2 heterocycles. The van der Waals surface area contributed by atoms with Gasteiger partial charge in [-0.3, -0.25) is 5.10 Å². The van der Waals surface area contributed by atoms with Crippen LogP contribution < -0.4 is 11.1 Å². The topological polar surface area (TPSA) is 92.5 Å². The van der Waals surface area contributed by atoms with E-state index in [0.717, 1.165) is 11.1 Å². The van der Waals surface area contributed by atoms with Crippen LogP contribution >= 0.6 is 11.8 Å². The summed E-state index contributed by atoms with van der Waals surface area (Å²) < 4.78 is 0. The molecule has 0 aliphatic heterocycles. The maximum Gasteiger partial charge on any atom is 0.224 e. The SMILES string of the molecule is CSc1ccc(Nc2nc(N)nc3[nH]ncc23)cc1. The Morgan fingerprint density at radius 1 is 1.21 bits per heavy atom. The van der Waals surface area contributed by atoms with Gasteiger partial charge in [0.05, 0.1) is 11.6 Å². The minimum Gasteiger partial charge on any atom is -0.368 e. The summed E-state index contributed by atoms with van der Waals surface area (Å²) in [4.78, 5) is 9.48. The van der Waals surface area contributed by atoms with Crippen molar-refractivity contribution in [3.63, 3.8) is 0 Å². The van der Waals surface area contributed by atoms with Gasteiger partial charge in [0.1, 0.15) is 5.82 Å². The number of anilines is 3. The molecule has 96 valence electrons. The number of H-pyrrole nitrogens is 1. The highest BCUT2D eigenvalue weighted by molar-refractivity contribution is 7.98. The van der Waals surface area contributed by atoms with E-state index < -0.39 is 0 Å². The zero-order chi connectivity index (χ0) is 13.2. The van der Waals surface area contributed by atoms with Crippen molar-refractivity contribution in [1.29, 1.82) is 0 Å². The molecule has 0 fully saturated rings. The number of thioether (sulfide) groups is 1. The molecule has 0 amide bonds. The first-order chi connectivity index (χ1) is 9.26. The van der Waals surface area contributed by atoms with Gasteiger partial charge in [0.15, 0.2) is 5.65 Å². The summed E-state index contributed by atoms with van der Waals surface area (Å²) in [6.07, 6.45) is 3.72. The quantitative estimate of drug-likeness (QED) is 0.634. The van der Waals surface area contributed by atoms with Crippen molar-refractivity contribution in [3.05, 3.63) is 30.5 Å². The molecule has 0 atom stereocenters. The fourth-order valence-corrected chi connectivity index (χ4v) is 2.17. The molecule has 0 saturated heterocycles. The third-order valence-corrected chi connectivity index (χ3v) is 3.42. The van der Waals surface area contributed by atoms with E-state index in [4.69, 9.17) is 5.73 Å². The average Bonchev–Trinajstić information content (AvgIpc) is 2.88. The first-order valence-electron chi connectivity index (χ1n) is 5.64. The maximum absolute atomic E-state index is 5.67. The maximum atomic E-state index is 5.67. The van der Waals surface area contributed by atoms with Gasteiger partial charge in [-0.1, -0.05) is 0 Å². The first kappa shape index (κ1) is 11.8. The number of nitrogen functional groups attached to an aromatic ring is 1. The fraction of sp³-hybridized carbons (Fsp3) is 0.0833. The van der Waals surface area contributed by atoms with Gasteiger partial charge >= 0.3 is 0 Å². The molecule has 19 heavy (non-hydrogen) atoms. The van der Waals surface area contributed by atoms with Gasteiger partial charge in [0.25, 0.3) is 0 Å². The zero-order valence-corrected chi connectivity index (χ0v) is 11.0. The van der Waals surface area contributed by atoms with Gasteiger partial charge < -0.3 is 11.1 Å². The van der Waals surface area contributed by atoms with Crippen molar-refractivity contribution in [2.24, 2.45) is 0 Å². The van der Waals surface area contributed by atoms with E-state index >= 15 is 0 Å². The van der Waals surface area contributed by atoms with Crippen LogP contribution in [0.5, 0.6) is 0 Å². The van der Waals surface area contributed by atoms with Crippen LogP contribution in [0.1, 0.15) is 0 Å². The van der Waals surface area contributed by atoms with Crippen molar-refractivity contribution in [2.75, 3.05) is 17.3 Å². The first-order valence-corrected chi connectivity index (χ1v) is 6.86. The van der Waals surface area contributed by atoms with E-state index in [9.17, 15) is 0 Å². The number of nitrogens with zero attached hydrogens (tertiary/aromatic N) is 3. The average molecular weight is 272 g/mol. The molecule has 3 rings (SSSR count). The van der Waals surface area contributed by atoms with Crippen molar-refractivity contribution in [1.82, 2.24) is 20.2 Å². The van der Waals surface area contributed by atoms with Crippen molar-refractivity contribution >= 4 is 40.2 Å². The van der Waals surface area contributed by atoms with E-state index in [0.29, 0.717) is 11.5 Å². The number of benzene rings is 1. The number of aromatic nitrogens is 4. The van der Waals surface area contributed by atoms with Gasteiger partial charge in [-0.15, -0.1) is 11.8 Å². The Morgan fingerprint density at radius 2 is 2.00 bits per heavy atom. The van der Waals surface area contributed by atoms with Crippen LogP contribution in [0.3, 0.4) is 0 Å². The Kier molecular flexibility index (Phi) is 2.96. The van der Waals surface area contributed by atoms with Crippen molar-refractivity contribution < 1.29 is 0 Å². The van der Waals surface area contributed by atoms with Crippen molar-refractivity contribution in [3.8, 4) is 0 Å². The molecule has 0 saturated carbocycles. The van der Waals surface area contributed by atoms with Crippen LogP contribution in [0.4, 0.5) is 17.5 Å². The lowest BCUT2D eigenvalue weighted by Gasteiger charge is -2.07. The standard InChI is InChI=1S/C12H12N6S/c1-19-8-4-2-7(3-5-8)15-10-9-6-14-18-11(9)17-12(13)16-10/h2-6H,1H3,(H4,13,14,15,16,17,18). The Labute approximate surface area is 113 Å². The second kappa shape index (κ2) is 4.77. The molecule has 2 aromatic heterocycles. The van der Waals surface area contributed by atoms with Gasteiger partial charge in [0, 0.05) is 10.6 Å². The normalized spacial score (nSPS) is 10.8. The number of aromatic amines is 1. The summed E-state index contributed by atoms with van der Waals surface area (Å²) in [5.74, 6) is 0.855. The van der Waals surface area contributed by atoms with Crippen LogP contribution in [0.2, 0.25) is 0 Å². The van der Waals surface area contributed by atoms with Crippen LogP contribution in [0, 0.1) is 0 Å². The van der Waals surface area contributed by atoms with Crippen LogP contribution in [0.15, 0.2) is 35.4 Å². The fourth-order valence-electron chi connectivity index (χ4n) is 1.76. The molecule has 7 heteroatoms. The van der Waals surface area contributed by atoms with E-state index in [2.05, 4.69) is 25.5 Å². The highest BCUT2D eigenvalue weighted by atomic mass is 32.2. The minimum absolute atomic E-state index is 0.208. The summed E-state index contributed by atoms with van der Waals surface area (Å²) in [6.45, 7) is 0. The molecule has 0 radical (unpaired) electrons. The van der Waals surface area contributed by atoms with Gasteiger partial charge in [-0.05, 0) is 30.5 Å². The number of hydrogen-bond donors (Lipinski definition) is 3. The van der Waals surface area contributed by atoms with E-state index in [-0.39, 0.29) is 5.95 Å². The van der Waals surface area contributed by atoms with Crippen LogP contribution in [0.25, 0.3) is 11.0 Å². The zero-order valence-electron chi connectivity index (χ0n) is 10.2. The third-order valence-electron chi connectivity index (χ3n) is 2.68. The smallest absolute Gasteiger partial charge is 0.224 e. The summed E-state index contributed by atoms with van der Waals surface area (Å²) >= 11 is 1.70. The second-order valence-electron chi connectivity index (χ2n) is 3.92. The summed E-state index contributed by atoms with van der Waals surface area (Å²) in [7, 11) is 0. The second-order valence-corrected chi connectivity index (χ2v) is 4.80. The Hall–Kier alpha value is -2.28. The largest absolute Gasteiger partial charge is 0.368 e. The lowest BCUT2D eigenvalue weighted by molar-refractivity contribution is 1.09. The number of rotatable bonds is 3. The van der Waals surface area contributed by atoms with Crippen molar-refractivity contribution in [2.45, 2.75) is 4.90 Å². The molecule has 0 aliphatic carbocycles. The number of hydrogen-bond acceptors (Lipinski definition) is 6. The number of nitrogens with one attached hydrogen (secondary N) is 2. The molecule has 4 N–H and O–H groups in total. The summed E-state index contributed by atoms with van der Waals surface area (Å²) in [5, 5.41) is 10.8. The highest BCUT2D eigenvalue weighted by Gasteiger charge is 2.08. The number of nitrogens with two attached hydrogens (primary N) is 1. The lowest BCUT2D eigenvalue weighted by atomic mass is 10.3. The predicted molar refractivity (Wildman–Crippen MR) is 77.6 cm³/mol. The molecule has 0 unspecified atom stereocenters. The predicted octanol–water partition coefficient (Wildman–Crippen LogP) is 2.40. The molecular formula is C12H12N6S. The lowest BCUT2D eigenvalue weighted by Crippen LogP contribution is -2.00. The molecule has 3 aromatic rings. The Bertz CT molecular complexity index is 706.